The molecule has 1 amide bonds. The molecule has 1 heterocycles. The molecular formula is C10H5N3O3S. The van der Waals surface area contributed by atoms with Crippen LogP contribution in [0.2, 0.25) is 0 Å². The van der Waals surface area contributed by atoms with Gasteiger partial charge in [-0.25, -0.2) is 4.98 Å². The molecule has 1 aliphatic carbocycles. The molecule has 84 valence electrons. The molecule has 1 N–H and O–H groups in total. The van der Waals surface area contributed by atoms with Crippen LogP contribution in [0, 0.1) is 11.3 Å². The number of nitrogens with zero attached hydrogens (tertiary/aromatic N) is 2. The van der Waals surface area contributed by atoms with Gasteiger partial charge in [0.15, 0.2) is 5.01 Å². The van der Waals surface area contributed by atoms with Gasteiger partial charge in [0, 0.05) is 13.0 Å². The van der Waals surface area contributed by atoms with Gasteiger partial charge in [0.1, 0.15) is 16.6 Å². The van der Waals surface area contributed by atoms with Gasteiger partial charge in [0.25, 0.3) is 0 Å². The fourth-order valence-electron chi connectivity index (χ4n) is 1.36. The number of hydrogen-bond donors (Lipinski definition) is 1. The molecule has 1 aliphatic rings. The van der Waals surface area contributed by atoms with Gasteiger partial charge in [0.05, 0.1) is 5.70 Å². The maximum atomic E-state index is 11.9. The summed E-state index contributed by atoms with van der Waals surface area (Å²) in [6, 6.07) is 1.77. The van der Waals surface area contributed by atoms with Crippen molar-refractivity contribution < 1.29 is 14.4 Å². The summed E-state index contributed by atoms with van der Waals surface area (Å²) in [6.45, 7) is 1.24. The van der Waals surface area contributed by atoms with E-state index in [0.717, 1.165) is 17.4 Å². The van der Waals surface area contributed by atoms with Crippen molar-refractivity contribution in [2.24, 2.45) is 0 Å². The maximum absolute atomic E-state index is 11.9. The molecule has 0 aromatic carbocycles. The number of carbonyl (C=O) groups excluding carboxylic acids is 3. The third-order valence-corrected chi connectivity index (χ3v) is 2.95. The monoisotopic (exact) mass is 247 g/mol. The van der Waals surface area contributed by atoms with E-state index in [-0.39, 0.29) is 21.3 Å². The first-order chi connectivity index (χ1) is 8.02. The molecule has 2 rings (SSSR count). The molecule has 0 unspecified atom stereocenters. The SMILES string of the molecule is CC(=O)NC1=CC(=O)c2nc(C#N)sc2C1=O. The highest BCUT2D eigenvalue weighted by Crippen LogP contribution is 2.25. The average Bonchev–Trinajstić information content (AvgIpc) is 2.69. The van der Waals surface area contributed by atoms with E-state index in [2.05, 4.69) is 10.3 Å². The van der Waals surface area contributed by atoms with Crippen molar-refractivity contribution in [1.82, 2.24) is 10.3 Å². The first-order valence-corrected chi connectivity index (χ1v) is 5.34. The van der Waals surface area contributed by atoms with Crippen molar-refractivity contribution in [3.8, 4) is 6.07 Å². The lowest BCUT2D eigenvalue weighted by molar-refractivity contribution is -0.118. The number of allylic oxidation sites excluding steroid dienone is 2. The molecule has 0 radical (unpaired) electrons. The number of ketones is 2. The smallest absolute Gasteiger partial charge is 0.221 e. The van der Waals surface area contributed by atoms with E-state index in [1.54, 1.807) is 6.07 Å². The quantitative estimate of drug-likeness (QED) is 0.774. The first kappa shape index (κ1) is 11.2. The van der Waals surface area contributed by atoms with Gasteiger partial charge < -0.3 is 5.32 Å². The lowest BCUT2D eigenvalue weighted by atomic mass is 10.0. The fraction of sp³-hybridized carbons (Fsp3) is 0.100. The predicted octanol–water partition coefficient (Wildman–Crippen LogP) is 0.414. The van der Waals surface area contributed by atoms with Crippen LogP contribution < -0.4 is 5.32 Å². The van der Waals surface area contributed by atoms with Crippen molar-refractivity contribution in [1.29, 1.82) is 5.26 Å². The summed E-state index contributed by atoms with van der Waals surface area (Å²) in [5.74, 6) is -1.42. The van der Waals surface area contributed by atoms with E-state index in [0.29, 0.717) is 0 Å². The van der Waals surface area contributed by atoms with Gasteiger partial charge in [-0.3, -0.25) is 14.4 Å². The second-order valence-electron chi connectivity index (χ2n) is 3.24. The van der Waals surface area contributed by atoms with Crippen LogP contribution in [0.5, 0.6) is 0 Å². The van der Waals surface area contributed by atoms with Crippen LogP contribution in [-0.4, -0.2) is 22.5 Å². The van der Waals surface area contributed by atoms with Gasteiger partial charge in [-0.1, -0.05) is 11.3 Å². The van der Waals surface area contributed by atoms with Crippen LogP contribution in [0.15, 0.2) is 11.8 Å². The van der Waals surface area contributed by atoms with Crippen molar-refractivity contribution >= 4 is 28.8 Å². The first-order valence-electron chi connectivity index (χ1n) is 4.52. The van der Waals surface area contributed by atoms with Crippen LogP contribution in [-0.2, 0) is 4.79 Å². The lowest BCUT2D eigenvalue weighted by Crippen LogP contribution is -2.29. The maximum Gasteiger partial charge on any atom is 0.221 e. The van der Waals surface area contributed by atoms with E-state index in [1.807, 2.05) is 0 Å². The molecule has 0 aliphatic heterocycles. The minimum atomic E-state index is -0.492. The number of amides is 1. The Hall–Kier alpha value is -2.33. The number of hydrogen-bond acceptors (Lipinski definition) is 6. The Kier molecular flexibility index (Phi) is 2.57. The molecule has 7 heteroatoms. The Morgan fingerprint density at radius 3 is 2.82 bits per heavy atom. The van der Waals surface area contributed by atoms with E-state index in [4.69, 9.17) is 5.26 Å². The molecular weight excluding hydrogens is 242 g/mol. The molecule has 0 saturated heterocycles. The molecule has 0 saturated carbocycles. The van der Waals surface area contributed by atoms with Gasteiger partial charge in [-0.2, -0.15) is 5.26 Å². The van der Waals surface area contributed by atoms with Gasteiger partial charge in [-0.15, -0.1) is 0 Å². The summed E-state index contributed by atoms with van der Waals surface area (Å²) in [5, 5.41) is 11.0. The van der Waals surface area contributed by atoms with Gasteiger partial charge >= 0.3 is 0 Å². The normalized spacial score (nSPS) is 13.8. The summed E-state index contributed by atoms with van der Waals surface area (Å²) in [7, 11) is 0. The van der Waals surface area contributed by atoms with E-state index in [9.17, 15) is 14.4 Å². The van der Waals surface area contributed by atoms with Crippen molar-refractivity contribution in [3.63, 3.8) is 0 Å². The third-order valence-electron chi connectivity index (χ3n) is 1.99. The highest BCUT2D eigenvalue weighted by molar-refractivity contribution is 7.14. The van der Waals surface area contributed by atoms with Crippen LogP contribution >= 0.6 is 11.3 Å². The topological polar surface area (TPSA) is 99.9 Å². The second-order valence-corrected chi connectivity index (χ2v) is 4.24. The molecule has 1 aromatic heterocycles. The van der Waals surface area contributed by atoms with Crippen molar-refractivity contribution in [2.45, 2.75) is 6.92 Å². The molecule has 6 nitrogen and oxygen atoms in total. The Morgan fingerprint density at radius 2 is 2.24 bits per heavy atom. The average molecular weight is 247 g/mol. The van der Waals surface area contributed by atoms with Crippen LogP contribution in [0.1, 0.15) is 32.1 Å². The largest absolute Gasteiger partial charge is 0.323 e. The van der Waals surface area contributed by atoms with Crippen LogP contribution in [0.25, 0.3) is 0 Å². The number of rotatable bonds is 1. The number of nitriles is 1. The Bertz CT molecular complexity index is 621. The standard InChI is InChI=1S/C10H5N3O3S/c1-4(14)12-5-2-6(15)8-10(9(5)16)17-7(3-11)13-8/h2H,1H3,(H,12,14). The predicted molar refractivity (Wildman–Crippen MR) is 57.4 cm³/mol. The molecule has 1 aromatic rings. The number of nitrogens with one attached hydrogen (secondary N) is 1. The fourth-order valence-corrected chi connectivity index (χ4v) is 2.18. The summed E-state index contributed by atoms with van der Waals surface area (Å²) < 4.78 is 0. The van der Waals surface area contributed by atoms with Gasteiger partial charge in [0.2, 0.25) is 17.5 Å². The molecule has 0 bridgehead atoms. The number of thiazole rings is 1. The zero-order valence-corrected chi connectivity index (χ0v) is 9.42. The number of fused-ring (bicyclic) bond motifs is 1. The van der Waals surface area contributed by atoms with Crippen LogP contribution in [0.4, 0.5) is 0 Å². The highest BCUT2D eigenvalue weighted by Gasteiger charge is 2.30. The lowest BCUT2D eigenvalue weighted by Gasteiger charge is -2.10. The van der Waals surface area contributed by atoms with E-state index >= 15 is 0 Å². The molecule has 17 heavy (non-hydrogen) atoms. The minimum Gasteiger partial charge on any atom is -0.323 e. The Labute approximate surface area is 99.6 Å². The van der Waals surface area contributed by atoms with E-state index in [1.165, 1.54) is 6.92 Å². The summed E-state index contributed by atoms with van der Waals surface area (Å²) in [5.41, 5.74) is -0.103. The molecule has 0 fully saturated rings. The van der Waals surface area contributed by atoms with Gasteiger partial charge in [-0.05, 0) is 0 Å². The second kappa shape index (κ2) is 3.92. The molecule has 0 spiro atoms. The van der Waals surface area contributed by atoms with Crippen molar-refractivity contribution in [2.75, 3.05) is 0 Å². The summed E-state index contributed by atoms with van der Waals surface area (Å²) >= 11 is 0.843. The van der Waals surface area contributed by atoms with Crippen molar-refractivity contribution in [3.05, 3.63) is 27.4 Å². The Morgan fingerprint density at radius 1 is 1.53 bits per heavy atom. The zero-order chi connectivity index (χ0) is 12.6. The highest BCUT2D eigenvalue weighted by atomic mass is 32.1. The number of aromatic nitrogens is 1. The third kappa shape index (κ3) is 1.86. The summed E-state index contributed by atoms with van der Waals surface area (Å²) in [6.07, 6.45) is 1.02. The summed E-state index contributed by atoms with van der Waals surface area (Å²) in [4.78, 5) is 38.2. The molecule has 0 atom stereocenters. The Balaban J connectivity index is 2.48. The minimum absolute atomic E-state index is 0.0225. The number of carbonyl (C=O) groups is 3. The van der Waals surface area contributed by atoms with E-state index < -0.39 is 17.5 Å². The van der Waals surface area contributed by atoms with Crippen LogP contribution in [0.3, 0.4) is 0 Å². The zero-order valence-electron chi connectivity index (χ0n) is 8.60. The number of Topliss-reactive ketones (excluding diaryl/α,β-unsaturated/α-hetero) is 1.